The molecule has 0 rings (SSSR count). The van der Waals surface area contributed by atoms with Crippen LogP contribution in [-0.4, -0.2) is 64.9 Å². The summed E-state index contributed by atoms with van der Waals surface area (Å²) in [5.41, 5.74) is 4.67. The highest BCUT2D eigenvalue weighted by Crippen LogP contribution is 2.18. The molecule has 0 saturated heterocycles. The summed E-state index contributed by atoms with van der Waals surface area (Å²) in [5.74, 6) is 5.42. The molecular weight excluding hydrogens is 586 g/mol. The minimum Gasteiger partial charge on any atom is -0.462 e. The first-order chi connectivity index (χ1) is 21.7. The van der Waals surface area contributed by atoms with Crippen LogP contribution in [0.3, 0.4) is 0 Å². The average Bonchev–Trinajstić information content (AvgIpc) is 2.96. The Labute approximate surface area is 280 Å². The van der Waals surface area contributed by atoms with E-state index in [2.05, 4.69) is 13.8 Å². The van der Waals surface area contributed by atoms with Crippen LogP contribution in [-0.2, 0) is 28.6 Å². The molecule has 0 spiro atoms. The van der Waals surface area contributed by atoms with Gasteiger partial charge in [-0.15, -0.1) is 0 Å². The fourth-order valence-corrected chi connectivity index (χ4v) is 4.84. The van der Waals surface area contributed by atoms with Crippen LogP contribution in [0.2, 0.25) is 0 Å². The highest BCUT2D eigenvalue weighted by Gasteiger charge is 2.28. The number of Topliss-reactive ketones (excluding diaryl/α,β-unsaturated/α-hetero) is 1. The number of allylic oxidation sites excluding steroid dienone is 1. The first-order valence-electron chi connectivity index (χ1n) is 17.9. The molecule has 1 atom stereocenters. The lowest BCUT2D eigenvalue weighted by Crippen LogP contribution is -2.40. The molecule has 46 heavy (non-hydrogen) atoms. The van der Waals surface area contributed by atoms with Gasteiger partial charge in [-0.1, -0.05) is 90.9 Å². The number of nitrogens with zero attached hydrogens (tertiary/aromatic N) is 1. The summed E-state index contributed by atoms with van der Waals surface area (Å²) in [5, 5.41) is 11.2. The van der Waals surface area contributed by atoms with E-state index in [1.807, 2.05) is 0 Å². The maximum absolute atomic E-state index is 12.8. The van der Waals surface area contributed by atoms with E-state index in [-0.39, 0.29) is 50.3 Å². The number of ether oxygens (including phenoxy) is 3. The summed E-state index contributed by atoms with van der Waals surface area (Å²) in [6, 6.07) is 0. The molecule has 0 aliphatic heterocycles. The predicted molar refractivity (Wildman–Crippen MR) is 184 cm³/mol. The summed E-state index contributed by atoms with van der Waals surface area (Å²) in [6.07, 6.45) is 17.6. The summed E-state index contributed by atoms with van der Waals surface area (Å²) >= 11 is 0. The van der Waals surface area contributed by atoms with Gasteiger partial charge in [-0.05, 0) is 53.4 Å². The second-order valence-electron chi connectivity index (χ2n) is 13.8. The van der Waals surface area contributed by atoms with Gasteiger partial charge in [-0.2, -0.15) is 0 Å². The minimum atomic E-state index is -1.01. The third-order valence-electron chi connectivity index (χ3n) is 7.93. The second kappa shape index (κ2) is 25.9. The van der Waals surface area contributed by atoms with Crippen LogP contribution >= 0.6 is 0 Å². The van der Waals surface area contributed by atoms with Gasteiger partial charge < -0.3 is 30.1 Å². The van der Waals surface area contributed by atoms with E-state index in [0.717, 1.165) is 38.5 Å². The van der Waals surface area contributed by atoms with Gasteiger partial charge in [0, 0.05) is 31.2 Å². The number of nitrogens with two attached hydrogens (primary N) is 2. The number of ketones is 1. The van der Waals surface area contributed by atoms with Crippen molar-refractivity contribution in [2.45, 2.75) is 181 Å². The lowest BCUT2D eigenvalue weighted by Gasteiger charge is -2.26. The smallest absolute Gasteiger partial charge is 0.306 e. The molecule has 10 heteroatoms. The fourth-order valence-electron chi connectivity index (χ4n) is 4.84. The number of aliphatic hydroxyl groups is 1. The molecule has 10 nitrogen and oxygen atoms in total. The summed E-state index contributed by atoms with van der Waals surface area (Å²) in [7, 11) is 0. The number of hydrogen-bond donors (Lipinski definition) is 3. The van der Waals surface area contributed by atoms with Crippen molar-refractivity contribution in [3.8, 4) is 0 Å². The van der Waals surface area contributed by atoms with Crippen molar-refractivity contribution in [2.75, 3.05) is 19.8 Å². The van der Waals surface area contributed by atoms with Crippen LogP contribution in [0.4, 0.5) is 0 Å². The number of carbonyl (C=O) groups excluding carboxylic acids is 3. The van der Waals surface area contributed by atoms with Gasteiger partial charge >= 0.3 is 11.9 Å². The predicted octanol–water partition coefficient (Wildman–Crippen LogP) is 7.00. The number of rotatable bonds is 30. The topological polar surface area (TPSA) is 154 Å². The highest BCUT2D eigenvalue weighted by molar-refractivity contribution is 5.86. The Hall–Kier alpha value is -2.17. The molecule has 0 heterocycles. The van der Waals surface area contributed by atoms with Gasteiger partial charge in [0.2, 0.25) is 0 Å². The number of hydrogen-bond acceptors (Lipinski definition) is 10. The maximum atomic E-state index is 12.8. The van der Waals surface area contributed by atoms with E-state index in [1.165, 1.54) is 62.6 Å². The standard InChI is InChI=1S/C36H69N3O7/c1-7-9-11-13-15-17-19-21-33(41)44-29-31(46-34(42)22-20-18-16-14-12-10-8-2)28-39(38)27-30(37)23-24-32(40)36(5,6)45-26-25-35(3,4)43/h27,31,43H,7-26,28-29,37-38H2,1-6H3/b30-27-. The quantitative estimate of drug-likeness (QED) is 0.0319. The van der Waals surface area contributed by atoms with Crippen molar-refractivity contribution in [1.82, 2.24) is 5.01 Å². The Morgan fingerprint density at radius 1 is 0.761 bits per heavy atom. The molecule has 0 aromatic heterocycles. The largest absolute Gasteiger partial charge is 0.462 e. The Balaban J connectivity index is 4.93. The zero-order chi connectivity index (χ0) is 34.8. The van der Waals surface area contributed by atoms with Gasteiger partial charge in [0.1, 0.15) is 12.2 Å². The van der Waals surface area contributed by atoms with E-state index in [4.69, 9.17) is 25.8 Å². The number of carbonyl (C=O) groups is 3. The molecule has 0 saturated carbocycles. The fraction of sp³-hybridized carbons (Fsp3) is 0.861. The minimum absolute atomic E-state index is 0.0770. The molecule has 1 unspecified atom stereocenters. The third kappa shape index (κ3) is 26.0. The second-order valence-corrected chi connectivity index (χ2v) is 13.8. The highest BCUT2D eigenvalue weighted by atomic mass is 16.6. The van der Waals surface area contributed by atoms with Crippen LogP contribution in [0, 0.1) is 0 Å². The lowest BCUT2D eigenvalue weighted by molar-refractivity contribution is -0.160. The molecule has 0 amide bonds. The average molecular weight is 656 g/mol. The zero-order valence-electron chi connectivity index (χ0n) is 30.2. The van der Waals surface area contributed by atoms with Crippen molar-refractivity contribution >= 4 is 17.7 Å². The molecule has 0 aliphatic carbocycles. The summed E-state index contributed by atoms with van der Waals surface area (Å²) < 4.78 is 16.9. The Morgan fingerprint density at radius 2 is 1.26 bits per heavy atom. The molecule has 0 aliphatic rings. The van der Waals surface area contributed by atoms with Gasteiger partial charge in [0.25, 0.3) is 0 Å². The SMILES string of the molecule is CCCCCCCCCC(=O)OCC(CN(N)/C=C(\N)CCC(=O)C(C)(C)OCCC(C)(C)O)OC(=O)CCCCCCCCC. The van der Waals surface area contributed by atoms with Crippen LogP contribution in [0.1, 0.15) is 164 Å². The maximum Gasteiger partial charge on any atom is 0.306 e. The number of unbranched alkanes of at least 4 members (excludes halogenated alkanes) is 12. The normalized spacial score (nSPS) is 13.0. The van der Waals surface area contributed by atoms with Crippen molar-refractivity contribution in [2.24, 2.45) is 11.6 Å². The molecule has 270 valence electrons. The number of hydrazine groups is 1. The number of esters is 2. The van der Waals surface area contributed by atoms with Crippen LogP contribution in [0.15, 0.2) is 11.9 Å². The van der Waals surface area contributed by atoms with Crippen molar-refractivity contribution < 1.29 is 33.7 Å². The van der Waals surface area contributed by atoms with E-state index in [1.54, 1.807) is 27.7 Å². The summed E-state index contributed by atoms with van der Waals surface area (Å²) in [4.78, 5) is 37.8. The van der Waals surface area contributed by atoms with Crippen molar-refractivity contribution in [3.05, 3.63) is 11.9 Å². The van der Waals surface area contributed by atoms with E-state index in [9.17, 15) is 19.5 Å². The van der Waals surface area contributed by atoms with E-state index >= 15 is 0 Å². The van der Waals surface area contributed by atoms with Gasteiger partial charge in [0.15, 0.2) is 11.9 Å². The molecule has 0 radical (unpaired) electrons. The Bertz CT molecular complexity index is 855. The molecule has 5 N–H and O–H groups in total. The van der Waals surface area contributed by atoms with Crippen molar-refractivity contribution in [1.29, 1.82) is 0 Å². The Kier molecular flexibility index (Phi) is 24.6. The summed E-state index contributed by atoms with van der Waals surface area (Å²) in [6.45, 7) is 11.4. The van der Waals surface area contributed by atoms with Gasteiger partial charge in [-0.3, -0.25) is 14.4 Å². The van der Waals surface area contributed by atoms with E-state index < -0.39 is 17.3 Å². The molecule has 0 aromatic carbocycles. The molecule has 0 aromatic rings. The third-order valence-corrected chi connectivity index (χ3v) is 7.93. The van der Waals surface area contributed by atoms with Crippen molar-refractivity contribution in [3.63, 3.8) is 0 Å². The van der Waals surface area contributed by atoms with Crippen LogP contribution in [0.5, 0.6) is 0 Å². The zero-order valence-corrected chi connectivity index (χ0v) is 30.2. The monoisotopic (exact) mass is 656 g/mol. The first-order valence-corrected chi connectivity index (χ1v) is 17.9. The van der Waals surface area contributed by atoms with Crippen LogP contribution < -0.4 is 11.6 Å². The molecule has 0 fully saturated rings. The Morgan fingerprint density at radius 3 is 1.78 bits per heavy atom. The molecular formula is C36H69N3O7. The van der Waals surface area contributed by atoms with Crippen LogP contribution in [0.25, 0.3) is 0 Å². The first kappa shape index (κ1) is 43.8. The lowest BCUT2D eigenvalue weighted by atomic mass is 9.98. The van der Waals surface area contributed by atoms with Gasteiger partial charge in [-0.25, -0.2) is 5.84 Å². The molecule has 0 bridgehead atoms. The van der Waals surface area contributed by atoms with Gasteiger partial charge in [0.05, 0.1) is 18.8 Å². The van der Waals surface area contributed by atoms with E-state index in [0.29, 0.717) is 25.0 Å².